The first-order chi connectivity index (χ1) is 50.8. The summed E-state index contributed by atoms with van der Waals surface area (Å²) < 4.78 is 7.21. The van der Waals surface area contributed by atoms with Crippen LogP contribution in [0.5, 0.6) is 0 Å². The standard InChI is InChI=1S/C49H33N3S.C46H33N3S/c1-3-12-34(13-4-1)35-22-24-36(25-23-35)37-26-30-40(31-27-37)51(39-14-5-2-6-15-39)45-19-11-20-46-48(45)42-16-7-9-18-44(42)52(46)41-32-28-38(29-33-41)49-50-43-17-8-10-21-47(43)53-49;1-46(2)37-17-8-6-15-34(37)35-28-27-33(29-38(35)46)48(31-13-4-3-5-14-31)41-20-12-21-42-44(41)36-16-7-10-19-40(36)49(42)32-25-23-30(24-26-32)45-47-39-18-9-11-22-43(39)50-45/h1-33H;3-29H,1-2H3. The van der Waals surface area contributed by atoms with Crippen molar-refractivity contribution in [1.82, 2.24) is 19.1 Å². The number of nitrogens with zero attached hydrogens (tertiary/aromatic N) is 6. The maximum atomic E-state index is 4.91. The molecule has 20 rings (SSSR count). The third-order valence-electron chi connectivity index (χ3n) is 20.5. The molecule has 488 valence electrons. The second-order valence-electron chi connectivity index (χ2n) is 26.8. The molecule has 0 saturated carbocycles. The summed E-state index contributed by atoms with van der Waals surface area (Å²) in [5.41, 5.74) is 28.2. The van der Waals surface area contributed by atoms with Gasteiger partial charge in [0.1, 0.15) is 10.0 Å². The SMILES string of the molecule is CC1(C)c2ccccc2-c2ccc(N(c3ccccc3)c3cccc4c3c3ccccc3n4-c3ccc(-c4nc5ccccc5s4)cc3)cc21.c1ccc(-c2ccc(-c3ccc(N(c4ccccc4)c4cccc5c4c4ccccc4n5-c4ccc(-c5nc6ccccc6s5)cc4)cc3)cc2)cc1. The van der Waals surface area contributed by atoms with Crippen LogP contribution in [0.2, 0.25) is 0 Å². The van der Waals surface area contributed by atoms with Gasteiger partial charge >= 0.3 is 0 Å². The highest BCUT2D eigenvalue weighted by Gasteiger charge is 2.36. The van der Waals surface area contributed by atoms with Crippen LogP contribution < -0.4 is 9.80 Å². The molecule has 1 aliphatic rings. The molecule has 15 aromatic carbocycles. The van der Waals surface area contributed by atoms with Gasteiger partial charge in [-0.15, -0.1) is 22.7 Å². The lowest BCUT2D eigenvalue weighted by molar-refractivity contribution is 0.660. The lowest BCUT2D eigenvalue weighted by atomic mass is 9.82. The molecule has 4 aromatic heterocycles. The van der Waals surface area contributed by atoms with Crippen molar-refractivity contribution in [3.8, 4) is 65.9 Å². The Morgan fingerprint density at radius 2 is 0.650 bits per heavy atom. The second kappa shape index (κ2) is 25.5. The van der Waals surface area contributed by atoms with Crippen molar-refractivity contribution in [2.75, 3.05) is 9.80 Å². The first-order valence-corrected chi connectivity index (χ1v) is 36.7. The monoisotopic (exact) mass is 1350 g/mol. The van der Waals surface area contributed by atoms with Crippen molar-refractivity contribution >= 4 is 121 Å². The van der Waals surface area contributed by atoms with E-state index in [1.165, 1.54) is 92.0 Å². The normalized spacial score (nSPS) is 12.3. The van der Waals surface area contributed by atoms with Gasteiger partial charge in [-0.1, -0.05) is 220 Å². The van der Waals surface area contributed by atoms with Gasteiger partial charge in [0, 0.05) is 72.2 Å². The third-order valence-corrected chi connectivity index (χ3v) is 22.6. The number of benzene rings is 15. The van der Waals surface area contributed by atoms with E-state index in [9.17, 15) is 0 Å². The predicted octanol–water partition coefficient (Wildman–Crippen LogP) is 26.7. The number of rotatable bonds is 12. The van der Waals surface area contributed by atoms with Crippen molar-refractivity contribution in [2.24, 2.45) is 0 Å². The number of hydrogen-bond donors (Lipinski definition) is 0. The van der Waals surface area contributed by atoms with E-state index in [1.54, 1.807) is 22.7 Å². The molecule has 0 amide bonds. The summed E-state index contributed by atoms with van der Waals surface area (Å²) in [5.74, 6) is 0. The van der Waals surface area contributed by atoms with Gasteiger partial charge in [0.25, 0.3) is 0 Å². The first kappa shape index (κ1) is 61.4. The molecular weight excluding hydrogens is 1290 g/mol. The number of fused-ring (bicyclic) bond motifs is 11. The van der Waals surface area contributed by atoms with Crippen LogP contribution in [0.15, 0.2) is 364 Å². The number of para-hydroxylation sites is 6. The molecule has 19 aromatic rings. The van der Waals surface area contributed by atoms with Gasteiger partial charge in [0.15, 0.2) is 0 Å². The Kier molecular flexibility index (Phi) is 15.2. The number of hydrogen-bond acceptors (Lipinski definition) is 6. The van der Waals surface area contributed by atoms with Gasteiger partial charge in [-0.25, -0.2) is 9.97 Å². The van der Waals surface area contributed by atoms with Gasteiger partial charge in [-0.2, -0.15) is 0 Å². The van der Waals surface area contributed by atoms with E-state index in [0.717, 1.165) is 83.2 Å². The molecule has 0 spiro atoms. The molecule has 103 heavy (non-hydrogen) atoms. The zero-order valence-corrected chi connectivity index (χ0v) is 58.3. The summed E-state index contributed by atoms with van der Waals surface area (Å²) >= 11 is 3.48. The summed E-state index contributed by atoms with van der Waals surface area (Å²) in [6.07, 6.45) is 0. The molecule has 0 atom stereocenters. The van der Waals surface area contributed by atoms with Gasteiger partial charge in [-0.3, -0.25) is 0 Å². The van der Waals surface area contributed by atoms with E-state index in [4.69, 9.17) is 9.97 Å². The van der Waals surface area contributed by atoms with Crippen LogP contribution in [0, 0.1) is 0 Å². The molecule has 0 bridgehead atoms. The molecule has 8 heteroatoms. The summed E-state index contributed by atoms with van der Waals surface area (Å²) in [6.45, 7) is 4.70. The second-order valence-corrected chi connectivity index (χ2v) is 28.9. The minimum atomic E-state index is -0.0934. The van der Waals surface area contributed by atoms with E-state index in [0.29, 0.717) is 0 Å². The van der Waals surface area contributed by atoms with Crippen molar-refractivity contribution in [1.29, 1.82) is 0 Å². The summed E-state index contributed by atoms with van der Waals surface area (Å²) in [7, 11) is 0. The molecule has 0 radical (unpaired) electrons. The number of aromatic nitrogens is 4. The zero-order chi connectivity index (χ0) is 68.5. The molecule has 0 saturated heterocycles. The molecule has 1 aliphatic carbocycles. The van der Waals surface area contributed by atoms with Gasteiger partial charge in [-0.05, 0) is 202 Å². The fraction of sp³-hybridized carbons (Fsp3) is 0.0316. The summed E-state index contributed by atoms with van der Waals surface area (Å²) in [4.78, 5) is 14.6. The molecule has 0 unspecified atom stereocenters. The minimum Gasteiger partial charge on any atom is -0.310 e. The Morgan fingerprint density at radius 3 is 1.16 bits per heavy atom. The van der Waals surface area contributed by atoms with E-state index in [1.807, 2.05) is 6.07 Å². The maximum Gasteiger partial charge on any atom is 0.124 e. The van der Waals surface area contributed by atoms with Crippen LogP contribution in [-0.4, -0.2) is 19.1 Å². The average molecular weight is 1360 g/mol. The highest BCUT2D eigenvalue weighted by Crippen LogP contribution is 2.52. The zero-order valence-electron chi connectivity index (χ0n) is 56.6. The Morgan fingerprint density at radius 1 is 0.282 bits per heavy atom. The fourth-order valence-electron chi connectivity index (χ4n) is 15.6. The Bertz CT molecular complexity index is 6300. The van der Waals surface area contributed by atoms with Gasteiger partial charge in [0.2, 0.25) is 0 Å². The lowest BCUT2D eigenvalue weighted by Gasteiger charge is -2.28. The highest BCUT2D eigenvalue weighted by molar-refractivity contribution is 7.22. The van der Waals surface area contributed by atoms with Crippen LogP contribution >= 0.6 is 22.7 Å². The summed E-state index contributed by atoms with van der Waals surface area (Å²) in [5, 5.41) is 6.96. The van der Waals surface area contributed by atoms with Crippen molar-refractivity contribution in [2.45, 2.75) is 19.3 Å². The van der Waals surface area contributed by atoms with Crippen molar-refractivity contribution in [3.63, 3.8) is 0 Å². The molecule has 4 heterocycles. The molecule has 0 fully saturated rings. The van der Waals surface area contributed by atoms with Crippen molar-refractivity contribution in [3.05, 3.63) is 375 Å². The van der Waals surface area contributed by atoms with E-state index >= 15 is 0 Å². The molecule has 0 aliphatic heterocycles. The smallest absolute Gasteiger partial charge is 0.124 e. The fourth-order valence-corrected chi connectivity index (χ4v) is 17.5. The van der Waals surface area contributed by atoms with Crippen LogP contribution in [-0.2, 0) is 5.41 Å². The van der Waals surface area contributed by atoms with Crippen LogP contribution in [0.4, 0.5) is 34.1 Å². The van der Waals surface area contributed by atoms with E-state index in [2.05, 4.69) is 391 Å². The van der Waals surface area contributed by atoms with Crippen LogP contribution in [0.1, 0.15) is 25.0 Å². The Balaban J connectivity index is 0.000000142. The quantitative estimate of drug-likeness (QED) is 0.122. The van der Waals surface area contributed by atoms with Gasteiger partial charge < -0.3 is 18.9 Å². The molecular formula is C95H66N6S2. The minimum absolute atomic E-state index is 0.0934. The predicted molar refractivity (Wildman–Crippen MR) is 437 cm³/mol. The van der Waals surface area contributed by atoms with Crippen LogP contribution in [0.25, 0.3) is 130 Å². The third kappa shape index (κ3) is 10.8. The topological polar surface area (TPSA) is 42.1 Å². The molecule has 6 nitrogen and oxygen atoms in total. The average Bonchev–Trinajstić information content (AvgIpc) is 1.59. The summed E-state index contributed by atoms with van der Waals surface area (Å²) in [6, 6.07) is 131. The largest absolute Gasteiger partial charge is 0.310 e. The van der Waals surface area contributed by atoms with Crippen LogP contribution in [0.3, 0.4) is 0 Å². The number of anilines is 6. The first-order valence-electron chi connectivity index (χ1n) is 35.0. The molecule has 0 N–H and O–H groups in total. The van der Waals surface area contributed by atoms with E-state index < -0.39 is 0 Å². The lowest BCUT2D eigenvalue weighted by Crippen LogP contribution is -2.16. The maximum absolute atomic E-state index is 4.91. The Labute approximate surface area is 605 Å². The van der Waals surface area contributed by atoms with Crippen molar-refractivity contribution < 1.29 is 0 Å². The highest BCUT2D eigenvalue weighted by atomic mass is 32.1. The number of thiazole rings is 2. The van der Waals surface area contributed by atoms with Gasteiger partial charge in [0.05, 0.1) is 53.9 Å². The van der Waals surface area contributed by atoms with E-state index in [-0.39, 0.29) is 5.41 Å². The Hall–Kier alpha value is -12.7.